The Labute approximate surface area is 106 Å². The summed E-state index contributed by atoms with van der Waals surface area (Å²) in [6.07, 6.45) is 0.551. The minimum atomic E-state index is -0.904. The molecule has 1 unspecified atom stereocenters. The van der Waals surface area contributed by atoms with Gasteiger partial charge in [0.05, 0.1) is 13.2 Å². The van der Waals surface area contributed by atoms with E-state index in [-0.39, 0.29) is 12.5 Å². The number of anilines is 1. The molecule has 0 radical (unpaired) electrons. The number of benzene rings is 1. The van der Waals surface area contributed by atoms with Crippen molar-refractivity contribution < 1.29 is 14.3 Å². The van der Waals surface area contributed by atoms with E-state index >= 15 is 0 Å². The van der Waals surface area contributed by atoms with Crippen LogP contribution < -0.4 is 15.8 Å². The van der Waals surface area contributed by atoms with Crippen molar-refractivity contribution in [3.8, 4) is 5.75 Å². The Kier molecular flexibility index (Phi) is 3.84. The smallest absolute Gasteiger partial charge is 0.246 e. The summed E-state index contributed by atoms with van der Waals surface area (Å²) in [4.78, 5) is 12.0. The van der Waals surface area contributed by atoms with Gasteiger partial charge in [-0.3, -0.25) is 4.79 Å². The van der Waals surface area contributed by atoms with Crippen LogP contribution in [0, 0.1) is 0 Å². The molecule has 18 heavy (non-hydrogen) atoms. The number of carbonyl (C=O) groups is 1. The number of ether oxygens (including phenoxy) is 2. The first-order chi connectivity index (χ1) is 8.64. The van der Waals surface area contributed by atoms with Crippen LogP contribution in [0.25, 0.3) is 0 Å². The average molecular weight is 250 g/mol. The number of carbonyl (C=O) groups excluding carboxylic acids is 1. The summed E-state index contributed by atoms with van der Waals surface area (Å²) in [7, 11) is 0. The maximum atomic E-state index is 12.0. The first-order valence-electron chi connectivity index (χ1n) is 6.05. The molecule has 5 nitrogen and oxygen atoms in total. The summed E-state index contributed by atoms with van der Waals surface area (Å²) in [5.41, 5.74) is 5.77. The molecule has 1 fully saturated rings. The summed E-state index contributed by atoms with van der Waals surface area (Å²) in [5.74, 6) is 0.575. The van der Waals surface area contributed by atoms with E-state index in [9.17, 15) is 4.79 Å². The van der Waals surface area contributed by atoms with E-state index in [1.54, 1.807) is 12.1 Å². The SMILES string of the molecule is CCOc1ccc(NC(=O)C2(N)CCOC2)cc1. The lowest BCUT2D eigenvalue weighted by molar-refractivity contribution is -0.121. The molecule has 1 aromatic carbocycles. The van der Waals surface area contributed by atoms with Crippen LogP contribution in [0.15, 0.2) is 24.3 Å². The van der Waals surface area contributed by atoms with Crippen LogP contribution in [0.5, 0.6) is 5.75 Å². The van der Waals surface area contributed by atoms with Gasteiger partial charge in [0.1, 0.15) is 11.3 Å². The monoisotopic (exact) mass is 250 g/mol. The lowest BCUT2D eigenvalue weighted by Gasteiger charge is -2.20. The highest BCUT2D eigenvalue weighted by Crippen LogP contribution is 2.20. The molecule has 5 heteroatoms. The van der Waals surface area contributed by atoms with Crippen molar-refractivity contribution in [3.05, 3.63) is 24.3 Å². The Morgan fingerprint density at radius 2 is 2.22 bits per heavy atom. The zero-order chi connectivity index (χ0) is 13.0. The van der Waals surface area contributed by atoms with Crippen LogP contribution in [0.1, 0.15) is 13.3 Å². The summed E-state index contributed by atoms with van der Waals surface area (Å²) < 4.78 is 10.5. The Morgan fingerprint density at radius 1 is 1.50 bits per heavy atom. The van der Waals surface area contributed by atoms with Crippen LogP contribution in [-0.2, 0) is 9.53 Å². The van der Waals surface area contributed by atoms with Crippen LogP contribution in [0.3, 0.4) is 0 Å². The van der Waals surface area contributed by atoms with Crippen molar-refractivity contribution in [1.29, 1.82) is 0 Å². The lowest BCUT2D eigenvalue weighted by atomic mass is 9.99. The Balaban J connectivity index is 1.98. The first kappa shape index (κ1) is 12.9. The molecule has 1 aliphatic rings. The normalized spacial score (nSPS) is 22.8. The first-order valence-corrected chi connectivity index (χ1v) is 6.05. The zero-order valence-corrected chi connectivity index (χ0v) is 10.4. The van der Waals surface area contributed by atoms with Gasteiger partial charge >= 0.3 is 0 Å². The molecule has 1 saturated heterocycles. The quantitative estimate of drug-likeness (QED) is 0.840. The van der Waals surface area contributed by atoms with Crippen LogP contribution in [-0.4, -0.2) is 31.3 Å². The average Bonchev–Trinajstić information content (AvgIpc) is 2.80. The van der Waals surface area contributed by atoms with Gasteiger partial charge in [0.25, 0.3) is 0 Å². The molecule has 2 rings (SSSR count). The molecule has 98 valence electrons. The molecule has 1 amide bonds. The van der Waals surface area contributed by atoms with Gasteiger partial charge in [-0.15, -0.1) is 0 Å². The van der Waals surface area contributed by atoms with Gasteiger partial charge < -0.3 is 20.5 Å². The highest BCUT2D eigenvalue weighted by atomic mass is 16.5. The van der Waals surface area contributed by atoms with Crippen molar-refractivity contribution >= 4 is 11.6 Å². The molecule has 0 aliphatic carbocycles. The van der Waals surface area contributed by atoms with Crippen molar-refractivity contribution in [2.45, 2.75) is 18.9 Å². The van der Waals surface area contributed by atoms with Gasteiger partial charge in [-0.05, 0) is 37.6 Å². The number of amides is 1. The number of hydrogen-bond acceptors (Lipinski definition) is 4. The molecule has 1 aromatic rings. The standard InChI is InChI=1S/C13H18N2O3/c1-2-18-11-5-3-10(4-6-11)15-12(16)13(14)7-8-17-9-13/h3-6H,2,7-9,14H2,1H3,(H,15,16). The van der Waals surface area contributed by atoms with Crippen molar-refractivity contribution in [2.24, 2.45) is 5.73 Å². The van der Waals surface area contributed by atoms with Gasteiger partial charge in [-0.25, -0.2) is 0 Å². The molecule has 1 aliphatic heterocycles. The second-order valence-corrected chi connectivity index (χ2v) is 4.37. The van der Waals surface area contributed by atoms with E-state index in [4.69, 9.17) is 15.2 Å². The van der Waals surface area contributed by atoms with Gasteiger partial charge in [-0.1, -0.05) is 0 Å². The minimum Gasteiger partial charge on any atom is -0.494 e. The van der Waals surface area contributed by atoms with E-state index in [0.717, 1.165) is 5.75 Å². The van der Waals surface area contributed by atoms with E-state index in [1.165, 1.54) is 0 Å². The van der Waals surface area contributed by atoms with E-state index < -0.39 is 5.54 Å². The third-order valence-electron chi connectivity index (χ3n) is 2.93. The molecule has 0 saturated carbocycles. The van der Waals surface area contributed by atoms with Crippen LogP contribution in [0.4, 0.5) is 5.69 Å². The zero-order valence-electron chi connectivity index (χ0n) is 10.4. The largest absolute Gasteiger partial charge is 0.494 e. The van der Waals surface area contributed by atoms with Crippen molar-refractivity contribution in [2.75, 3.05) is 25.1 Å². The van der Waals surface area contributed by atoms with Crippen LogP contribution >= 0.6 is 0 Å². The van der Waals surface area contributed by atoms with Gasteiger partial charge in [0, 0.05) is 12.3 Å². The summed E-state index contributed by atoms with van der Waals surface area (Å²) in [5, 5.41) is 2.79. The maximum Gasteiger partial charge on any atom is 0.246 e. The lowest BCUT2D eigenvalue weighted by Crippen LogP contribution is -2.51. The van der Waals surface area contributed by atoms with Crippen LogP contribution in [0.2, 0.25) is 0 Å². The number of rotatable bonds is 4. The highest BCUT2D eigenvalue weighted by Gasteiger charge is 2.38. The Hall–Kier alpha value is -1.59. The van der Waals surface area contributed by atoms with E-state index in [0.29, 0.717) is 25.3 Å². The topological polar surface area (TPSA) is 73.6 Å². The second kappa shape index (κ2) is 5.37. The maximum absolute atomic E-state index is 12.0. The van der Waals surface area contributed by atoms with Crippen molar-refractivity contribution in [3.63, 3.8) is 0 Å². The Bertz CT molecular complexity index is 411. The Morgan fingerprint density at radius 3 is 2.78 bits per heavy atom. The fourth-order valence-corrected chi connectivity index (χ4v) is 1.82. The fourth-order valence-electron chi connectivity index (χ4n) is 1.82. The van der Waals surface area contributed by atoms with Crippen molar-refractivity contribution in [1.82, 2.24) is 0 Å². The third-order valence-corrected chi connectivity index (χ3v) is 2.93. The van der Waals surface area contributed by atoms with Gasteiger partial charge in [0.2, 0.25) is 5.91 Å². The molecule has 0 spiro atoms. The molecule has 1 atom stereocenters. The minimum absolute atomic E-state index is 0.204. The van der Waals surface area contributed by atoms with E-state index in [1.807, 2.05) is 19.1 Å². The molecule has 1 heterocycles. The predicted octanol–water partition coefficient (Wildman–Crippen LogP) is 1.14. The molecular formula is C13H18N2O3. The molecular weight excluding hydrogens is 232 g/mol. The number of nitrogens with two attached hydrogens (primary N) is 1. The van der Waals surface area contributed by atoms with Gasteiger partial charge in [-0.2, -0.15) is 0 Å². The molecule has 3 N–H and O–H groups in total. The summed E-state index contributed by atoms with van der Waals surface area (Å²) in [6, 6.07) is 7.21. The summed E-state index contributed by atoms with van der Waals surface area (Å²) >= 11 is 0. The predicted molar refractivity (Wildman–Crippen MR) is 68.6 cm³/mol. The highest BCUT2D eigenvalue weighted by molar-refractivity contribution is 5.98. The van der Waals surface area contributed by atoms with Gasteiger partial charge in [0.15, 0.2) is 0 Å². The number of hydrogen-bond donors (Lipinski definition) is 2. The molecule has 0 bridgehead atoms. The number of nitrogens with one attached hydrogen (secondary N) is 1. The van der Waals surface area contributed by atoms with E-state index in [2.05, 4.69) is 5.32 Å². The summed E-state index contributed by atoms with van der Waals surface area (Å²) in [6.45, 7) is 3.35. The fraction of sp³-hybridized carbons (Fsp3) is 0.462. The third kappa shape index (κ3) is 2.80. The second-order valence-electron chi connectivity index (χ2n) is 4.37. The molecule has 0 aromatic heterocycles.